The summed E-state index contributed by atoms with van der Waals surface area (Å²) in [5, 5.41) is 5.45. The van der Waals surface area contributed by atoms with Crippen LogP contribution in [0.1, 0.15) is 15.5 Å². The fraction of sp³-hybridized carbons (Fsp3) is 0.533. The number of thiazole rings is 1. The van der Waals surface area contributed by atoms with E-state index in [1.54, 1.807) is 16.4 Å². The number of carbonyl (C=O) groups is 2. The fourth-order valence-electron chi connectivity index (χ4n) is 2.36. The Kier molecular flexibility index (Phi) is 6.69. The molecule has 2 amide bonds. The van der Waals surface area contributed by atoms with Crippen LogP contribution in [0, 0.1) is 0 Å². The average Bonchev–Trinajstić information content (AvgIpc) is 3.02. The minimum atomic E-state index is -0.0414. The van der Waals surface area contributed by atoms with E-state index in [1.165, 1.54) is 11.3 Å². The first-order chi connectivity index (χ1) is 11.1. The zero-order valence-electron chi connectivity index (χ0n) is 13.2. The second-order valence-corrected chi connectivity index (χ2v) is 6.27. The third-order valence-electron chi connectivity index (χ3n) is 3.60. The van der Waals surface area contributed by atoms with Gasteiger partial charge < -0.3 is 16.0 Å². The van der Waals surface area contributed by atoms with Crippen LogP contribution in [0.25, 0.3) is 0 Å². The monoisotopic (exact) mass is 337 g/mol. The number of nitrogens with two attached hydrogens (primary N) is 1. The van der Waals surface area contributed by atoms with Gasteiger partial charge >= 0.3 is 0 Å². The van der Waals surface area contributed by atoms with Crippen LogP contribution < -0.4 is 11.1 Å². The van der Waals surface area contributed by atoms with Crippen molar-refractivity contribution in [2.24, 2.45) is 5.73 Å². The molecule has 23 heavy (non-hydrogen) atoms. The van der Waals surface area contributed by atoms with Crippen molar-refractivity contribution in [3.63, 3.8) is 0 Å². The quantitative estimate of drug-likeness (QED) is 0.667. The highest BCUT2D eigenvalue weighted by atomic mass is 32.1. The molecule has 1 aliphatic rings. The number of amides is 2. The molecule has 1 aromatic heterocycles. The average molecular weight is 337 g/mol. The van der Waals surface area contributed by atoms with Crippen molar-refractivity contribution < 1.29 is 9.59 Å². The molecular weight excluding hydrogens is 314 g/mol. The van der Waals surface area contributed by atoms with E-state index in [4.69, 9.17) is 5.73 Å². The van der Waals surface area contributed by atoms with Gasteiger partial charge in [-0.25, -0.2) is 4.98 Å². The van der Waals surface area contributed by atoms with Gasteiger partial charge in [-0.05, 0) is 6.54 Å². The van der Waals surface area contributed by atoms with Crippen molar-refractivity contribution in [3.05, 3.63) is 28.7 Å². The summed E-state index contributed by atoms with van der Waals surface area (Å²) < 4.78 is 0. The topological polar surface area (TPSA) is 91.6 Å². The normalized spacial score (nSPS) is 15.4. The van der Waals surface area contributed by atoms with E-state index < -0.39 is 0 Å². The summed E-state index contributed by atoms with van der Waals surface area (Å²) in [6, 6.07) is 0. The van der Waals surface area contributed by atoms with E-state index in [-0.39, 0.29) is 11.8 Å². The summed E-state index contributed by atoms with van der Waals surface area (Å²) in [5.41, 5.74) is 6.00. The number of carbonyl (C=O) groups excluding carboxylic acids is 2. The van der Waals surface area contributed by atoms with Crippen molar-refractivity contribution >= 4 is 23.2 Å². The number of hydrogen-bond donors (Lipinski definition) is 2. The van der Waals surface area contributed by atoms with Crippen LogP contribution >= 0.6 is 11.3 Å². The lowest BCUT2D eigenvalue weighted by Gasteiger charge is -2.33. The third-order valence-corrected chi connectivity index (χ3v) is 4.51. The highest BCUT2D eigenvalue weighted by molar-refractivity contribution is 7.09. The Morgan fingerprint density at radius 3 is 2.78 bits per heavy atom. The van der Waals surface area contributed by atoms with E-state index in [1.807, 2.05) is 4.90 Å². The lowest BCUT2D eigenvalue weighted by molar-refractivity contribution is -0.122. The number of hydrogen-bond acceptors (Lipinski definition) is 6. The predicted octanol–water partition coefficient (Wildman–Crippen LogP) is -0.296. The molecule has 3 N–H and O–H groups in total. The van der Waals surface area contributed by atoms with Gasteiger partial charge in [-0.1, -0.05) is 6.08 Å². The standard InChI is InChI=1S/C15H23N5O2S/c1-2-5-17-13(21)10-19-6-8-20(9-7-19)15(22)12-11-23-14(18-12)3-4-16/h2,11H,1,3-10,16H2,(H,17,21). The molecule has 0 radical (unpaired) electrons. The maximum Gasteiger partial charge on any atom is 0.273 e. The highest BCUT2D eigenvalue weighted by Gasteiger charge is 2.24. The Labute approximate surface area is 140 Å². The van der Waals surface area contributed by atoms with Crippen LogP contribution in [0.4, 0.5) is 0 Å². The molecule has 2 heterocycles. The molecule has 0 aliphatic carbocycles. The van der Waals surface area contributed by atoms with E-state index in [2.05, 4.69) is 16.9 Å². The van der Waals surface area contributed by atoms with Crippen molar-refractivity contribution in [2.75, 3.05) is 45.8 Å². The van der Waals surface area contributed by atoms with Crippen LogP contribution in [0.3, 0.4) is 0 Å². The Morgan fingerprint density at radius 2 is 2.13 bits per heavy atom. The van der Waals surface area contributed by atoms with E-state index in [9.17, 15) is 9.59 Å². The lowest BCUT2D eigenvalue weighted by Crippen LogP contribution is -2.51. The van der Waals surface area contributed by atoms with Gasteiger partial charge in [0.15, 0.2) is 0 Å². The van der Waals surface area contributed by atoms with Gasteiger partial charge in [-0.2, -0.15) is 0 Å². The van der Waals surface area contributed by atoms with Crippen LogP contribution in [0.5, 0.6) is 0 Å². The number of piperazine rings is 1. The summed E-state index contributed by atoms with van der Waals surface area (Å²) in [4.78, 5) is 32.3. The van der Waals surface area contributed by atoms with Gasteiger partial charge in [0.05, 0.1) is 11.6 Å². The Bertz CT molecular complexity index is 552. The van der Waals surface area contributed by atoms with Crippen LogP contribution in [0.15, 0.2) is 18.0 Å². The van der Waals surface area contributed by atoms with Gasteiger partial charge in [0.1, 0.15) is 5.69 Å². The lowest BCUT2D eigenvalue weighted by atomic mass is 10.3. The molecule has 1 aromatic rings. The van der Waals surface area contributed by atoms with Crippen LogP contribution in [-0.4, -0.2) is 72.4 Å². The molecule has 0 aromatic carbocycles. The van der Waals surface area contributed by atoms with Crippen molar-refractivity contribution in [2.45, 2.75) is 6.42 Å². The SMILES string of the molecule is C=CCNC(=O)CN1CCN(C(=O)c2csc(CCN)n2)CC1. The minimum Gasteiger partial charge on any atom is -0.352 e. The molecule has 0 saturated carbocycles. The number of nitrogens with zero attached hydrogens (tertiary/aromatic N) is 3. The Hall–Kier alpha value is -1.77. The first-order valence-electron chi connectivity index (χ1n) is 7.67. The number of rotatable bonds is 7. The van der Waals surface area contributed by atoms with Crippen molar-refractivity contribution in [1.82, 2.24) is 20.1 Å². The largest absolute Gasteiger partial charge is 0.352 e. The minimum absolute atomic E-state index is 0.0180. The molecule has 7 nitrogen and oxygen atoms in total. The predicted molar refractivity (Wildman–Crippen MR) is 90.4 cm³/mol. The Balaban J connectivity index is 1.80. The van der Waals surface area contributed by atoms with Gasteiger partial charge in [0.2, 0.25) is 5.91 Å². The second kappa shape index (κ2) is 8.76. The van der Waals surface area contributed by atoms with E-state index in [0.717, 1.165) is 5.01 Å². The van der Waals surface area contributed by atoms with Crippen molar-refractivity contribution in [1.29, 1.82) is 0 Å². The summed E-state index contributed by atoms with van der Waals surface area (Å²) in [6.07, 6.45) is 2.35. The smallest absolute Gasteiger partial charge is 0.273 e. The van der Waals surface area contributed by atoms with Gasteiger partial charge in [0, 0.05) is 44.5 Å². The molecular formula is C15H23N5O2S. The van der Waals surface area contributed by atoms with Gasteiger partial charge in [0.25, 0.3) is 5.91 Å². The summed E-state index contributed by atoms with van der Waals surface area (Å²) >= 11 is 1.47. The maximum atomic E-state index is 12.4. The Morgan fingerprint density at radius 1 is 1.39 bits per heavy atom. The molecule has 0 bridgehead atoms. The highest BCUT2D eigenvalue weighted by Crippen LogP contribution is 2.13. The molecule has 2 rings (SSSR count). The maximum absolute atomic E-state index is 12.4. The number of nitrogens with one attached hydrogen (secondary N) is 1. The molecule has 0 spiro atoms. The second-order valence-electron chi connectivity index (χ2n) is 5.33. The van der Waals surface area contributed by atoms with E-state index >= 15 is 0 Å². The third kappa shape index (κ3) is 5.12. The molecule has 0 atom stereocenters. The molecule has 8 heteroatoms. The summed E-state index contributed by atoms with van der Waals surface area (Å²) in [5.74, 6) is -0.0594. The molecule has 1 saturated heterocycles. The summed E-state index contributed by atoms with van der Waals surface area (Å²) in [6.45, 7) is 7.53. The molecule has 1 aliphatic heterocycles. The van der Waals surface area contributed by atoms with Crippen LogP contribution in [0.2, 0.25) is 0 Å². The first kappa shape index (κ1) is 17.6. The molecule has 126 valence electrons. The first-order valence-corrected chi connectivity index (χ1v) is 8.55. The van der Waals surface area contributed by atoms with Crippen molar-refractivity contribution in [3.8, 4) is 0 Å². The zero-order valence-corrected chi connectivity index (χ0v) is 14.0. The fourth-order valence-corrected chi connectivity index (χ4v) is 3.15. The molecule has 1 fully saturated rings. The molecule has 0 unspecified atom stereocenters. The van der Waals surface area contributed by atoms with Crippen LogP contribution in [-0.2, 0) is 11.2 Å². The zero-order chi connectivity index (χ0) is 16.7. The number of aromatic nitrogens is 1. The van der Waals surface area contributed by atoms with Gasteiger partial charge in [-0.15, -0.1) is 17.9 Å². The summed E-state index contributed by atoms with van der Waals surface area (Å²) in [7, 11) is 0. The van der Waals surface area contributed by atoms with Gasteiger partial charge in [-0.3, -0.25) is 14.5 Å². The van der Waals surface area contributed by atoms with E-state index in [0.29, 0.717) is 57.9 Å².